The SMILES string of the molecule is COCCn1c(SCC(=O)NC[C@@H]2CCCO2)nnc1-c1ccccc1. The monoisotopic (exact) mass is 376 g/mol. The van der Waals surface area contributed by atoms with Gasteiger partial charge in [0.15, 0.2) is 11.0 Å². The van der Waals surface area contributed by atoms with Crippen molar-refractivity contribution in [1.82, 2.24) is 20.1 Å². The van der Waals surface area contributed by atoms with Gasteiger partial charge in [-0.1, -0.05) is 42.1 Å². The van der Waals surface area contributed by atoms with Crippen LogP contribution in [-0.4, -0.2) is 59.4 Å². The van der Waals surface area contributed by atoms with Crippen LogP contribution in [0, 0.1) is 0 Å². The maximum absolute atomic E-state index is 12.1. The molecule has 26 heavy (non-hydrogen) atoms. The van der Waals surface area contributed by atoms with Crippen molar-refractivity contribution < 1.29 is 14.3 Å². The van der Waals surface area contributed by atoms with Crippen LogP contribution in [0.2, 0.25) is 0 Å². The fourth-order valence-electron chi connectivity index (χ4n) is 2.79. The van der Waals surface area contributed by atoms with E-state index in [1.54, 1.807) is 7.11 Å². The summed E-state index contributed by atoms with van der Waals surface area (Å²) >= 11 is 1.38. The molecule has 1 fully saturated rings. The lowest BCUT2D eigenvalue weighted by molar-refractivity contribution is -0.119. The molecule has 1 aromatic carbocycles. The van der Waals surface area contributed by atoms with Crippen LogP contribution in [0.15, 0.2) is 35.5 Å². The highest BCUT2D eigenvalue weighted by atomic mass is 32.2. The minimum atomic E-state index is -0.0203. The van der Waals surface area contributed by atoms with E-state index in [4.69, 9.17) is 9.47 Å². The predicted octanol–water partition coefficient (Wildman–Crippen LogP) is 1.98. The molecule has 140 valence electrons. The summed E-state index contributed by atoms with van der Waals surface area (Å²) < 4.78 is 12.7. The molecule has 1 aromatic heterocycles. The largest absolute Gasteiger partial charge is 0.383 e. The molecule has 1 N–H and O–H groups in total. The Hall–Kier alpha value is -1.90. The predicted molar refractivity (Wildman–Crippen MR) is 100 cm³/mol. The number of carbonyl (C=O) groups is 1. The number of nitrogens with one attached hydrogen (secondary N) is 1. The highest BCUT2D eigenvalue weighted by Crippen LogP contribution is 2.23. The molecule has 1 aliphatic rings. The fraction of sp³-hybridized carbons (Fsp3) is 0.500. The first-order valence-corrected chi connectivity index (χ1v) is 9.75. The standard InChI is InChI=1S/C18H24N4O3S/c1-24-11-9-22-17(14-6-3-2-4-7-14)20-21-18(22)26-13-16(23)19-12-15-8-5-10-25-15/h2-4,6-7,15H,5,8-13H2,1H3,(H,19,23)/t15-/m0/s1. The number of carbonyl (C=O) groups excluding carboxylic acids is 1. The van der Waals surface area contributed by atoms with Gasteiger partial charge in [-0.3, -0.25) is 9.36 Å². The summed E-state index contributed by atoms with van der Waals surface area (Å²) in [5.41, 5.74) is 0.991. The number of aromatic nitrogens is 3. The second kappa shape index (κ2) is 9.70. The Morgan fingerprint density at radius 1 is 1.38 bits per heavy atom. The van der Waals surface area contributed by atoms with Crippen LogP contribution in [0.25, 0.3) is 11.4 Å². The Labute approximate surface area is 157 Å². The number of ether oxygens (including phenoxy) is 2. The van der Waals surface area contributed by atoms with Crippen LogP contribution in [0.1, 0.15) is 12.8 Å². The Bertz CT molecular complexity index is 702. The van der Waals surface area contributed by atoms with Crippen molar-refractivity contribution in [2.75, 3.05) is 32.6 Å². The zero-order valence-electron chi connectivity index (χ0n) is 14.9. The highest BCUT2D eigenvalue weighted by Gasteiger charge is 2.18. The Morgan fingerprint density at radius 2 is 2.23 bits per heavy atom. The van der Waals surface area contributed by atoms with E-state index in [2.05, 4.69) is 15.5 Å². The van der Waals surface area contributed by atoms with Crippen LogP contribution in [0.5, 0.6) is 0 Å². The Balaban J connectivity index is 1.61. The number of hydrogen-bond donors (Lipinski definition) is 1. The summed E-state index contributed by atoms with van der Waals surface area (Å²) in [6.07, 6.45) is 2.23. The fourth-order valence-corrected chi connectivity index (χ4v) is 3.59. The number of benzene rings is 1. The number of rotatable bonds is 9. The molecule has 2 aromatic rings. The highest BCUT2D eigenvalue weighted by molar-refractivity contribution is 7.99. The van der Waals surface area contributed by atoms with Gasteiger partial charge in [-0.25, -0.2) is 0 Å². The second-order valence-corrected chi connectivity index (χ2v) is 6.99. The molecule has 0 bridgehead atoms. The molecule has 7 nitrogen and oxygen atoms in total. The zero-order chi connectivity index (χ0) is 18.2. The molecule has 0 spiro atoms. The lowest BCUT2D eigenvalue weighted by atomic mass is 10.2. The van der Waals surface area contributed by atoms with Crippen LogP contribution in [0.3, 0.4) is 0 Å². The summed E-state index contributed by atoms with van der Waals surface area (Å²) in [6, 6.07) is 9.89. The zero-order valence-corrected chi connectivity index (χ0v) is 15.7. The van der Waals surface area contributed by atoms with Crippen LogP contribution < -0.4 is 5.32 Å². The van der Waals surface area contributed by atoms with Crippen molar-refractivity contribution in [3.05, 3.63) is 30.3 Å². The van der Waals surface area contributed by atoms with Crippen molar-refractivity contribution >= 4 is 17.7 Å². The van der Waals surface area contributed by atoms with Gasteiger partial charge in [0, 0.05) is 25.8 Å². The molecule has 1 atom stereocenters. The van der Waals surface area contributed by atoms with Gasteiger partial charge in [0.05, 0.1) is 25.0 Å². The molecule has 2 heterocycles. The van der Waals surface area contributed by atoms with Gasteiger partial charge in [-0.15, -0.1) is 10.2 Å². The lowest BCUT2D eigenvalue weighted by Crippen LogP contribution is -2.33. The Morgan fingerprint density at radius 3 is 2.96 bits per heavy atom. The van der Waals surface area contributed by atoms with Crippen LogP contribution in [-0.2, 0) is 20.8 Å². The van der Waals surface area contributed by atoms with Gasteiger partial charge in [0.25, 0.3) is 0 Å². The summed E-state index contributed by atoms with van der Waals surface area (Å²) in [5, 5.41) is 12.2. The normalized spacial score (nSPS) is 16.7. The first-order chi connectivity index (χ1) is 12.8. The lowest BCUT2D eigenvalue weighted by Gasteiger charge is -2.11. The van der Waals surface area contributed by atoms with Gasteiger partial charge in [0.1, 0.15) is 0 Å². The first kappa shape index (κ1) is 18.9. The number of thioether (sulfide) groups is 1. The number of hydrogen-bond acceptors (Lipinski definition) is 6. The second-order valence-electron chi connectivity index (χ2n) is 6.04. The molecule has 1 amide bonds. The molecular formula is C18H24N4O3S. The minimum absolute atomic E-state index is 0.0203. The van der Waals surface area contributed by atoms with E-state index in [-0.39, 0.29) is 12.0 Å². The summed E-state index contributed by atoms with van der Waals surface area (Å²) in [5.74, 6) is 1.06. The van der Waals surface area contributed by atoms with Crippen LogP contribution in [0.4, 0.5) is 0 Å². The molecule has 0 aliphatic carbocycles. The van der Waals surface area contributed by atoms with Crippen molar-refractivity contribution in [2.45, 2.75) is 30.6 Å². The average molecular weight is 376 g/mol. The van der Waals surface area contributed by atoms with E-state index >= 15 is 0 Å². The molecule has 8 heteroatoms. The van der Waals surface area contributed by atoms with E-state index in [9.17, 15) is 4.79 Å². The summed E-state index contributed by atoms with van der Waals surface area (Å²) in [4.78, 5) is 12.1. The minimum Gasteiger partial charge on any atom is -0.383 e. The van der Waals surface area contributed by atoms with E-state index in [0.717, 1.165) is 30.8 Å². The topological polar surface area (TPSA) is 78.3 Å². The maximum Gasteiger partial charge on any atom is 0.230 e. The van der Waals surface area contributed by atoms with Gasteiger partial charge >= 0.3 is 0 Å². The third-order valence-electron chi connectivity index (χ3n) is 4.15. The molecule has 0 unspecified atom stereocenters. The van der Waals surface area contributed by atoms with Crippen molar-refractivity contribution in [3.63, 3.8) is 0 Å². The third kappa shape index (κ3) is 5.06. The van der Waals surface area contributed by atoms with Gasteiger partial charge < -0.3 is 14.8 Å². The number of nitrogens with zero attached hydrogens (tertiary/aromatic N) is 3. The van der Waals surface area contributed by atoms with E-state index in [1.807, 2.05) is 34.9 Å². The van der Waals surface area contributed by atoms with Gasteiger partial charge in [0.2, 0.25) is 5.91 Å². The number of amides is 1. The molecule has 3 rings (SSSR count). The smallest absolute Gasteiger partial charge is 0.230 e. The Kier molecular flexibility index (Phi) is 7.04. The summed E-state index contributed by atoms with van der Waals surface area (Å²) in [6.45, 7) is 2.55. The van der Waals surface area contributed by atoms with E-state index in [0.29, 0.717) is 30.6 Å². The van der Waals surface area contributed by atoms with E-state index in [1.165, 1.54) is 11.8 Å². The molecule has 1 aliphatic heterocycles. The van der Waals surface area contributed by atoms with E-state index < -0.39 is 0 Å². The average Bonchev–Trinajstić information content (AvgIpc) is 3.33. The third-order valence-corrected chi connectivity index (χ3v) is 5.12. The summed E-state index contributed by atoms with van der Waals surface area (Å²) in [7, 11) is 1.66. The molecule has 0 saturated carbocycles. The maximum atomic E-state index is 12.1. The van der Waals surface area contributed by atoms with Crippen molar-refractivity contribution in [2.24, 2.45) is 0 Å². The number of methoxy groups -OCH3 is 1. The van der Waals surface area contributed by atoms with Gasteiger partial charge in [-0.05, 0) is 12.8 Å². The van der Waals surface area contributed by atoms with Crippen molar-refractivity contribution in [1.29, 1.82) is 0 Å². The molecule has 1 saturated heterocycles. The molecular weight excluding hydrogens is 352 g/mol. The quantitative estimate of drug-likeness (QED) is 0.674. The van der Waals surface area contributed by atoms with Crippen molar-refractivity contribution in [3.8, 4) is 11.4 Å². The molecule has 0 radical (unpaired) electrons. The van der Waals surface area contributed by atoms with Crippen LogP contribution >= 0.6 is 11.8 Å². The van der Waals surface area contributed by atoms with Gasteiger partial charge in [-0.2, -0.15) is 0 Å². The first-order valence-electron chi connectivity index (χ1n) is 8.76.